The summed E-state index contributed by atoms with van der Waals surface area (Å²) in [6.07, 6.45) is 6.16. The Bertz CT molecular complexity index is 702. The average molecular weight is 300 g/mol. The van der Waals surface area contributed by atoms with Crippen LogP contribution in [0.2, 0.25) is 0 Å². The standard InChI is InChI=1S/C17H17FN2O2/c18-15-7-3-2-6-14(15)17(22)20-11-8-13(12-20)16(21)19-9-4-1-5-10-19/h2-3,6-8,11-12H,1,4-5,9-10H2. The topological polar surface area (TPSA) is 42.3 Å². The molecule has 0 bridgehead atoms. The van der Waals surface area contributed by atoms with E-state index in [0.717, 1.165) is 32.4 Å². The van der Waals surface area contributed by atoms with Crippen LogP contribution in [-0.4, -0.2) is 34.4 Å². The summed E-state index contributed by atoms with van der Waals surface area (Å²) in [7, 11) is 0. The van der Waals surface area contributed by atoms with Crippen molar-refractivity contribution in [2.45, 2.75) is 19.3 Å². The Morgan fingerprint density at radius 2 is 1.68 bits per heavy atom. The van der Waals surface area contributed by atoms with Crippen molar-refractivity contribution in [2.24, 2.45) is 0 Å². The molecule has 2 aromatic rings. The van der Waals surface area contributed by atoms with Crippen LogP contribution in [0.5, 0.6) is 0 Å². The Hall–Kier alpha value is -2.43. The third-order valence-corrected chi connectivity index (χ3v) is 3.92. The fraction of sp³-hybridized carbons (Fsp3) is 0.294. The van der Waals surface area contributed by atoms with Gasteiger partial charge < -0.3 is 4.90 Å². The lowest BCUT2D eigenvalue weighted by Gasteiger charge is -2.26. The first-order chi connectivity index (χ1) is 10.7. The molecule has 1 amide bonds. The quantitative estimate of drug-likeness (QED) is 0.855. The zero-order valence-electron chi connectivity index (χ0n) is 12.2. The molecule has 1 fully saturated rings. The number of piperidine rings is 1. The van der Waals surface area contributed by atoms with Gasteiger partial charge in [0.1, 0.15) is 5.82 Å². The summed E-state index contributed by atoms with van der Waals surface area (Å²) in [6, 6.07) is 7.43. The highest BCUT2D eigenvalue weighted by Crippen LogP contribution is 2.15. The SMILES string of the molecule is O=C(c1ccn(C(=O)c2ccccc2F)c1)N1CCCCC1. The zero-order valence-corrected chi connectivity index (χ0v) is 12.2. The van der Waals surface area contributed by atoms with Crippen LogP contribution in [0, 0.1) is 5.82 Å². The minimum atomic E-state index is -0.565. The number of benzene rings is 1. The molecule has 0 atom stereocenters. The maximum absolute atomic E-state index is 13.7. The number of nitrogens with zero attached hydrogens (tertiary/aromatic N) is 2. The number of hydrogen-bond donors (Lipinski definition) is 0. The number of hydrogen-bond acceptors (Lipinski definition) is 2. The molecule has 2 heterocycles. The van der Waals surface area contributed by atoms with Crippen LogP contribution in [0.25, 0.3) is 0 Å². The van der Waals surface area contributed by atoms with Crippen molar-refractivity contribution >= 4 is 11.8 Å². The molecule has 114 valence electrons. The van der Waals surface area contributed by atoms with Crippen LogP contribution in [0.1, 0.15) is 40.0 Å². The van der Waals surface area contributed by atoms with Crippen molar-refractivity contribution in [1.82, 2.24) is 9.47 Å². The van der Waals surface area contributed by atoms with Crippen LogP contribution in [0.3, 0.4) is 0 Å². The normalized spacial score (nSPS) is 14.9. The van der Waals surface area contributed by atoms with Gasteiger partial charge in [0.2, 0.25) is 0 Å². The lowest BCUT2D eigenvalue weighted by Crippen LogP contribution is -2.35. The van der Waals surface area contributed by atoms with Crippen molar-refractivity contribution in [3.05, 3.63) is 59.7 Å². The number of likely N-dealkylation sites (tertiary alicyclic amines) is 1. The highest BCUT2D eigenvalue weighted by Gasteiger charge is 2.20. The van der Waals surface area contributed by atoms with Crippen molar-refractivity contribution in [2.75, 3.05) is 13.1 Å². The molecule has 1 aliphatic heterocycles. The van der Waals surface area contributed by atoms with E-state index in [1.165, 1.54) is 35.2 Å². The first-order valence-electron chi connectivity index (χ1n) is 7.43. The molecule has 1 aliphatic rings. The van der Waals surface area contributed by atoms with Gasteiger partial charge in [-0.25, -0.2) is 4.39 Å². The summed E-state index contributed by atoms with van der Waals surface area (Å²) >= 11 is 0. The fourth-order valence-electron chi connectivity index (χ4n) is 2.70. The largest absolute Gasteiger partial charge is 0.339 e. The van der Waals surface area contributed by atoms with E-state index < -0.39 is 11.7 Å². The molecule has 0 unspecified atom stereocenters. The van der Waals surface area contributed by atoms with Gasteiger partial charge in [-0.1, -0.05) is 12.1 Å². The molecular formula is C17H17FN2O2. The fourth-order valence-corrected chi connectivity index (χ4v) is 2.70. The van der Waals surface area contributed by atoms with Crippen LogP contribution < -0.4 is 0 Å². The van der Waals surface area contributed by atoms with Gasteiger partial charge in [-0.2, -0.15) is 0 Å². The molecule has 22 heavy (non-hydrogen) atoms. The predicted octanol–water partition coefficient (Wildman–Crippen LogP) is 2.94. The van der Waals surface area contributed by atoms with Gasteiger partial charge in [-0.15, -0.1) is 0 Å². The smallest absolute Gasteiger partial charge is 0.264 e. The van der Waals surface area contributed by atoms with E-state index in [-0.39, 0.29) is 11.5 Å². The van der Waals surface area contributed by atoms with E-state index in [0.29, 0.717) is 5.56 Å². The molecule has 1 saturated heterocycles. The van der Waals surface area contributed by atoms with E-state index in [4.69, 9.17) is 0 Å². The third-order valence-electron chi connectivity index (χ3n) is 3.92. The summed E-state index contributed by atoms with van der Waals surface area (Å²) in [5, 5.41) is 0. The van der Waals surface area contributed by atoms with Crippen LogP contribution in [-0.2, 0) is 0 Å². The Morgan fingerprint density at radius 1 is 0.955 bits per heavy atom. The molecule has 0 saturated carbocycles. The second-order valence-corrected chi connectivity index (χ2v) is 5.45. The van der Waals surface area contributed by atoms with Gasteiger partial charge in [0.05, 0.1) is 11.1 Å². The van der Waals surface area contributed by atoms with E-state index in [1.54, 1.807) is 17.0 Å². The monoisotopic (exact) mass is 300 g/mol. The lowest BCUT2D eigenvalue weighted by molar-refractivity contribution is 0.0724. The van der Waals surface area contributed by atoms with Gasteiger partial charge in [-0.3, -0.25) is 14.2 Å². The van der Waals surface area contributed by atoms with Gasteiger partial charge in [0, 0.05) is 25.5 Å². The number of carbonyl (C=O) groups excluding carboxylic acids is 2. The van der Waals surface area contributed by atoms with Crippen LogP contribution in [0.15, 0.2) is 42.7 Å². The number of carbonyl (C=O) groups is 2. The molecule has 3 rings (SSSR count). The minimum Gasteiger partial charge on any atom is -0.339 e. The highest BCUT2D eigenvalue weighted by atomic mass is 19.1. The van der Waals surface area contributed by atoms with Gasteiger partial charge >= 0.3 is 0 Å². The van der Waals surface area contributed by atoms with Gasteiger partial charge in [-0.05, 0) is 37.5 Å². The third kappa shape index (κ3) is 2.79. The molecule has 0 N–H and O–H groups in total. The zero-order chi connectivity index (χ0) is 15.5. The Kier molecular flexibility index (Phi) is 4.04. The predicted molar refractivity (Wildman–Crippen MR) is 80.3 cm³/mol. The first-order valence-corrected chi connectivity index (χ1v) is 7.43. The molecule has 4 nitrogen and oxygen atoms in total. The summed E-state index contributed by atoms with van der Waals surface area (Å²) in [5.41, 5.74) is 0.460. The van der Waals surface area contributed by atoms with Crippen molar-refractivity contribution in [3.8, 4) is 0 Å². The molecule has 0 spiro atoms. The maximum Gasteiger partial charge on any atom is 0.264 e. The Labute approximate surface area is 128 Å². The summed E-state index contributed by atoms with van der Waals surface area (Å²) in [6.45, 7) is 1.51. The van der Waals surface area contributed by atoms with Crippen molar-refractivity contribution in [1.29, 1.82) is 0 Å². The van der Waals surface area contributed by atoms with Gasteiger partial charge in [0.25, 0.3) is 11.8 Å². The average Bonchev–Trinajstić information content (AvgIpc) is 3.05. The number of rotatable bonds is 2. The van der Waals surface area contributed by atoms with E-state index in [1.807, 2.05) is 0 Å². The first kappa shape index (κ1) is 14.5. The van der Waals surface area contributed by atoms with E-state index in [2.05, 4.69) is 0 Å². The number of amides is 1. The molecular weight excluding hydrogens is 283 g/mol. The lowest BCUT2D eigenvalue weighted by atomic mass is 10.1. The van der Waals surface area contributed by atoms with E-state index in [9.17, 15) is 14.0 Å². The van der Waals surface area contributed by atoms with Crippen molar-refractivity contribution in [3.63, 3.8) is 0 Å². The molecule has 0 radical (unpaired) electrons. The molecule has 0 aliphatic carbocycles. The maximum atomic E-state index is 13.7. The number of aromatic nitrogens is 1. The highest BCUT2D eigenvalue weighted by molar-refractivity contribution is 5.99. The minimum absolute atomic E-state index is 0.00456. The van der Waals surface area contributed by atoms with Crippen LogP contribution in [0.4, 0.5) is 4.39 Å². The summed E-state index contributed by atoms with van der Waals surface area (Å²) in [4.78, 5) is 26.4. The Morgan fingerprint density at radius 3 is 2.41 bits per heavy atom. The Balaban J connectivity index is 1.80. The second kappa shape index (κ2) is 6.13. The summed E-state index contributed by atoms with van der Waals surface area (Å²) < 4.78 is 14.9. The number of halogens is 1. The molecule has 1 aromatic carbocycles. The van der Waals surface area contributed by atoms with Crippen molar-refractivity contribution < 1.29 is 14.0 Å². The molecule has 1 aromatic heterocycles. The summed E-state index contributed by atoms with van der Waals surface area (Å²) in [5.74, 6) is -1.11. The second-order valence-electron chi connectivity index (χ2n) is 5.45. The van der Waals surface area contributed by atoms with E-state index >= 15 is 0 Å². The molecule has 5 heteroatoms. The van der Waals surface area contributed by atoms with Crippen LogP contribution >= 0.6 is 0 Å². The van der Waals surface area contributed by atoms with Gasteiger partial charge in [0.15, 0.2) is 0 Å².